The minimum Gasteiger partial charge on any atom is -0.493 e. The number of hydrogen-bond acceptors (Lipinski definition) is 5. The molecule has 0 bridgehead atoms. The fraction of sp³-hybridized carbons (Fsp3) is 0.333. The third-order valence-corrected chi connectivity index (χ3v) is 3.45. The van der Waals surface area contributed by atoms with E-state index < -0.39 is 18.6 Å². The summed E-state index contributed by atoms with van der Waals surface area (Å²) in [6.45, 7) is -0.982. The molecule has 2 N–H and O–H groups in total. The maximum Gasteiger partial charge on any atom is 0.405 e. The number of rotatable bonds is 9. The van der Waals surface area contributed by atoms with E-state index in [9.17, 15) is 18.0 Å². The van der Waals surface area contributed by atoms with Crippen LogP contribution in [-0.4, -0.2) is 37.3 Å². The van der Waals surface area contributed by atoms with Crippen LogP contribution in [0.25, 0.3) is 0 Å². The Bertz CT molecular complexity index is 740. The molecule has 1 heterocycles. The summed E-state index contributed by atoms with van der Waals surface area (Å²) in [7, 11) is 1.52. The van der Waals surface area contributed by atoms with Crippen LogP contribution in [0.1, 0.15) is 11.1 Å². The van der Waals surface area contributed by atoms with Crippen LogP contribution in [0.5, 0.6) is 11.5 Å². The van der Waals surface area contributed by atoms with Gasteiger partial charge in [-0.15, -0.1) is 0 Å². The zero-order valence-corrected chi connectivity index (χ0v) is 14.7. The summed E-state index contributed by atoms with van der Waals surface area (Å²) in [5.41, 5.74) is 1.69. The lowest BCUT2D eigenvalue weighted by atomic mass is 10.2. The SMILES string of the molecule is COc1ccc(CNCC(=O)NCC(F)(F)F)cc1OCc1cccnc1. The second-order valence-electron chi connectivity index (χ2n) is 5.63. The molecular weight excluding hydrogens is 363 g/mol. The van der Waals surface area contributed by atoms with Crippen LogP contribution in [0.15, 0.2) is 42.7 Å². The Morgan fingerprint density at radius 1 is 1.19 bits per heavy atom. The van der Waals surface area contributed by atoms with Crippen LogP contribution < -0.4 is 20.1 Å². The minimum absolute atomic E-state index is 0.228. The number of pyridine rings is 1. The number of nitrogens with one attached hydrogen (secondary N) is 2. The Kier molecular flexibility index (Phi) is 7.42. The fourth-order valence-electron chi connectivity index (χ4n) is 2.17. The largest absolute Gasteiger partial charge is 0.493 e. The van der Waals surface area contributed by atoms with Gasteiger partial charge in [-0.3, -0.25) is 9.78 Å². The molecule has 1 aromatic heterocycles. The Morgan fingerprint density at radius 2 is 2.00 bits per heavy atom. The van der Waals surface area contributed by atoms with Crippen molar-refractivity contribution in [3.63, 3.8) is 0 Å². The van der Waals surface area contributed by atoms with Gasteiger partial charge in [0.1, 0.15) is 13.2 Å². The van der Waals surface area contributed by atoms with Gasteiger partial charge < -0.3 is 20.1 Å². The maximum atomic E-state index is 12.0. The molecule has 0 unspecified atom stereocenters. The molecule has 0 aliphatic rings. The predicted octanol–water partition coefficient (Wildman–Crippen LogP) is 2.44. The van der Waals surface area contributed by atoms with Crippen LogP contribution in [0, 0.1) is 0 Å². The van der Waals surface area contributed by atoms with Gasteiger partial charge in [-0.2, -0.15) is 13.2 Å². The summed E-state index contributed by atoms with van der Waals surface area (Å²) >= 11 is 0. The number of carbonyl (C=O) groups excluding carboxylic acids is 1. The number of nitrogens with zero attached hydrogens (tertiary/aromatic N) is 1. The van der Waals surface area contributed by atoms with Crippen LogP contribution in [-0.2, 0) is 17.9 Å². The molecule has 0 spiro atoms. The van der Waals surface area contributed by atoms with Crippen LogP contribution in [0.4, 0.5) is 13.2 Å². The monoisotopic (exact) mass is 383 g/mol. The van der Waals surface area contributed by atoms with E-state index in [2.05, 4.69) is 10.3 Å². The van der Waals surface area contributed by atoms with Crippen LogP contribution >= 0.6 is 0 Å². The van der Waals surface area contributed by atoms with Crippen molar-refractivity contribution in [2.75, 3.05) is 20.2 Å². The molecule has 1 amide bonds. The van der Waals surface area contributed by atoms with E-state index in [1.54, 1.807) is 42.0 Å². The molecule has 1 aromatic carbocycles. The van der Waals surface area contributed by atoms with E-state index in [-0.39, 0.29) is 13.1 Å². The lowest BCUT2D eigenvalue weighted by Crippen LogP contribution is -2.39. The zero-order valence-electron chi connectivity index (χ0n) is 14.7. The van der Waals surface area contributed by atoms with Gasteiger partial charge in [0.05, 0.1) is 13.7 Å². The maximum absolute atomic E-state index is 12.0. The summed E-state index contributed by atoms with van der Waals surface area (Å²) in [5, 5.41) is 4.59. The van der Waals surface area contributed by atoms with E-state index in [4.69, 9.17) is 9.47 Å². The highest BCUT2D eigenvalue weighted by Gasteiger charge is 2.27. The zero-order chi connectivity index (χ0) is 19.7. The first-order chi connectivity index (χ1) is 12.9. The van der Waals surface area contributed by atoms with Crippen LogP contribution in [0.3, 0.4) is 0 Å². The Balaban J connectivity index is 1.87. The van der Waals surface area contributed by atoms with Crippen molar-refractivity contribution in [2.45, 2.75) is 19.3 Å². The lowest BCUT2D eigenvalue weighted by Gasteiger charge is -2.13. The summed E-state index contributed by atoms with van der Waals surface area (Å²) in [6, 6.07) is 8.93. The van der Waals surface area contributed by atoms with Crippen molar-refractivity contribution in [1.82, 2.24) is 15.6 Å². The molecule has 6 nitrogen and oxygen atoms in total. The first-order valence-corrected chi connectivity index (χ1v) is 8.10. The number of amides is 1. The average Bonchev–Trinajstić information content (AvgIpc) is 2.65. The van der Waals surface area contributed by atoms with Crippen molar-refractivity contribution in [1.29, 1.82) is 0 Å². The smallest absolute Gasteiger partial charge is 0.405 e. The Labute approximate surface area is 154 Å². The van der Waals surface area contributed by atoms with E-state index in [0.717, 1.165) is 11.1 Å². The number of hydrogen-bond donors (Lipinski definition) is 2. The third-order valence-electron chi connectivity index (χ3n) is 3.45. The second-order valence-corrected chi connectivity index (χ2v) is 5.63. The quantitative estimate of drug-likeness (QED) is 0.696. The van der Waals surface area contributed by atoms with Crippen molar-refractivity contribution in [2.24, 2.45) is 0 Å². The Morgan fingerprint density at radius 3 is 2.67 bits per heavy atom. The first-order valence-electron chi connectivity index (χ1n) is 8.10. The molecule has 146 valence electrons. The van der Waals surface area contributed by atoms with Gasteiger partial charge in [-0.1, -0.05) is 12.1 Å². The van der Waals surface area contributed by atoms with Gasteiger partial charge in [-0.05, 0) is 23.8 Å². The van der Waals surface area contributed by atoms with Gasteiger partial charge in [0, 0.05) is 24.5 Å². The molecule has 0 aliphatic carbocycles. The van der Waals surface area contributed by atoms with Crippen molar-refractivity contribution >= 4 is 5.91 Å². The molecule has 0 radical (unpaired) electrons. The van der Waals surface area contributed by atoms with Gasteiger partial charge in [0.25, 0.3) is 0 Å². The molecule has 27 heavy (non-hydrogen) atoms. The average molecular weight is 383 g/mol. The van der Waals surface area contributed by atoms with Crippen LogP contribution in [0.2, 0.25) is 0 Å². The molecule has 2 rings (SSSR count). The molecular formula is C18H20F3N3O3. The van der Waals surface area contributed by atoms with Gasteiger partial charge in [-0.25, -0.2) is 0 Å². The van der Waals surface area contributed by atoms with Gasteiger partial charge in [0.2, 0.25) is 5.91 Å². The topological polar surface area (TPSA) is 72.5 Å². The normalized spacial score (nSPS) is 11.1. The summed E-state index contributed by atoms with van der Waals surface area (Å²) in [6.07, 6.45) is -1.06. The third kappa shape index (κ3) is 7.53. The standard InChI is InChI=1S/C18H20F3N3O3/c1-26-15-5-4-13(8-23-10-17(25)24-12-18(19,20)21)7-16(15)27-11-14-3-2-6-22-9-14/h2-7,9,23H,8,10-12H2,1H3,(H,24,25). The highest BCUT2D eigenvalue weighted by atomic mass is 19.4. The molecule has 9 heteroatoms. The predicted molar refractivity (Wildman–Crippen MR) is 92.3 cm³/mol. The number of benzene rings is 1. The minimum atomic E-state index is -4.42. The Hall–Kier alpha value is -2.81. The molecule has 0 fully saturated rings. The van der Waals surface area contributed by atoms with Crippen molar-refractivity contribution in [3.05, 3.63) is 53.9 Å². The van der Waals surface area contributed by atoms with E-state index >= 15 is 0 Å². The second kappa shape index (κ2) is 9.77. The number of ether oxygens (including phenoxy) is 2. The summed E-state index contributed by atoms with van der Waals surface area (Å²) in [4.78, 5) is 15.4. The number of halogens is 3. The molecule has 0 saturated heterocycles. The molecule has 2 aromatic rings. The number of aromatic nitrogens is 1. The summed E-state index contributed by atoms with van der Waals surface area (Å²) < 4.78 is 47.2. The van der Waals surface area contributed by atoms with E-state index in [1.165, 1.54) is 7.11 Å². The van der Waals surface area contributed by atoms with Gasteiger partial charge in [0.15, 0.2) is 11.5 Å². The van der Waals surface area contributed by atoms with Crippen molar-refractivity contribution < 1.29 is 27.4 Å². The molecule has 0 aliphatic heterocycles. The number of carbonyl (C=O) groups is 1. The van der Waals surface area contributed by atoms with E-state index in [0.29, 0.717) is 18.1 Å². The highest BCUT2D eigenvalue weighted by Crippen LogP contribution is 2.28. The van der Waals surface area contributed by atoms with Gasteiger partial charge >= 0.3 is 6.18 Å². The molecule has 0 saturated carbocycles. The van der Waals surface area contributed by atoms with E-state index in [1.807, 2.05) is 6.07 Å². The first kappa shape index (κ1) is 20.5. The fourth-order valence-corrected chi connectivity index (χ4v) is 2.17. The number of methoxy groups -OCH3 is 1. The van der Waals surface area contributed by atoms with Crippen molar-refractivity contribution in [3.8, 4) is 11.5 Å². The number of alkyl halides is 3. The highest BCUT2D eigenvalue weighted by molar-refractivity contribution is 5.78. The lowest BCUT2D eigenvalue weighted by molar-refractivity contribution is -0.137. The molecule has 0 atom stereocenters. The summed E-state index contributed by atoms with van der Waals surface area (Å²) in [5.74, 6) is 0.335.